The molecular formula is C30H30NOP. The van der Waals surface area contributed by atoms with E-state index in [0.717, 1.165) is 24.1 Å². The van der Waals surface area contributed by atoms with Gasteiger partial charge in [-0.15, -0.1) is 0 Å². The van der Waals surface area contributed by atoms with Crippen LogP contribution in [-0.4, -0.2) is 6.61 Å². The van der Waals surface area contributed by atoms with Gasteiger partial charge in [0.05, 0.1) is 0 Å². The fraction of sp³-hybridized carbons (Fsp3) is 0.200. The molecule has 0 fully saturated rings. The van der Waals surface area contributed by atoms with Crippen LogP contribution < -0.4 is 4.90 Å². The van der Waals surface area contributed by atoms with Gasteiger partial charge in [0.25, 0.3) is 0 Å². The zero-order valence-corrected chi connectivity index (χ0v) is 20.5. The highest BCUT2D eigenvalue weighted by Gasteiger charge is 2.36. The predicted molar refractivity (Wildman–Crippen MR) is 142 cm³/mol. The molecule has 0 amide bonds. The molecule has 33 heavy (non-hydrogen) atoms. The first-order valence-electron chi connectivity index (χ1n) is 11.6. The van der Waals surface area contributed by atoms with E-state index in [2.05, 4.69) is 123 Å². The molecule has 4 aromatic carbocycles. The van der Waals surface area contributed by atoms with Crippen LogP contribution >= 0.6 is 8.81 Å². The molecule has 4 aromatic rings. The summed E-state index contributed by atoms with van der Waals surface area (Å²) in [6.45, 7) is 7.54. The number of benzene rings is 4. The zero-order valence-electron chi connectivity index (χ0n) is 19.5. The van der Waals surface area contributed by atoms with Crippen LogP contribution in [0.2, 0.25) is 0 Å². The highest BCUT2D eigenvalue weighted by molar-refractivity contribution is 7.31. The van der Waals surface area contributed by atoms with Crippen molar-refractivity contribution in [1.82, 2.24) is 0 Å². The van der Waals surface area contributed by atoms with E-state index in [9.17, 15) is 0 Å². The second-order valence-corrected chi connectivity index (χ2v) is 9.93. The van der Waals surface area contributed by atoms with Gasteiger partial charge in [-0.1, -0.05) is 74.5 Å². The van der Waals surface area contributed by atoms with Gasteiger partial charge in [-0.3, -0.25) is 0 Å². The molecule has 1 aliphatic carbocycles. The van der Waals surface area contributed by atoms with E-state index in [1.54, 1.807) is 0 Å². The van der Waals surface area contributed by atoms with Crippen molar-refractivity contribution in [2.45, 2.75) is 32.3 Å². The molecule has 1 aliphatic rings. The quantitative estimate of drug-likeness (QED) is 0.206. The first-order chi connectivity index (χ1) is 16.1. The van der Waals surface area contributed by atoms with Gasteiger partial charge in [-0.25, -0.2) is 0 Å². The Morgan fingerprint density at radius 3 is 1.88 bits per heavy atom. The normalized spacial score (nSPS) is 13.8. The topological polar surface area (TPSA) is 12.5 Å². The van der Waals surface area contributed by atoms with E-state index in [1.807, 2.05) is 0 Å². The van der Waals surface area contributed by atoms with Gasteiger partial charge in [0, 0.05) is 44.1 Å². The molecule has 0 aromatic heterocycles. The fourth-order valence-electron chi connectivity index (χ4n) is 4.86. The van der Waals surface area contributed by atoms with E-state index in [0.29, 0.717) is 8.81 Å². The van der Waals surface area contributed by atoms with Gasteiger partial charge in [0.1, 0.15) is 0 Å². The molecule has 0 radical (unpaired) electrons. The van der Waals surface area contributed by atoms with Crippen molar-refractivity contribution in [2.75, 3.05) is 11.5 Å². The van der Waals surface area contributed by atoms with Gasteiger partial charge < -0.3 is 9.42 Å². The molecule has 166 valence electrons. The molecule has 0 heterocycles. The van der Waals surface area contributed by atoms with Crippen molar-refractivity contribution in [1.29, 1.82) is 0 Å². The minimum Gasteiger partial charge on any atom is -0.362 e. The third-order valence-corrected chi connectivity index (χ3v) is 7.58. The average Bonchev–Trinajstić information content (AvgIpc) is 3.07. The lowest BCUT2D eigenvalue weighted by atomic mass is 9.82. The molecule has 0 aliphatic heterocycles. The standard InChI is InChI=1S/C30H30NOP/c1-4-32-33-21-22-15-17-26-27-18-16-25(20-29(27)30(2,3)28(26)19-22)31(23-11-7-5-8-12-23)24-13-9-6-10-14-24/h5-20,33H,4,21H2,1-3H3. The molecule has 0 saturated heterocycles. The van der Waals surface area contributed by atoms with Crippen molar-refractivity contribution in [3.8, 4) is 11.1 Å². The molecular weight excluding hydrogens is 421 g/mol. The van der Waals surface area contributed by atoms with E-state index < -0.39 is 0 Å². The van der Waals surface area contributed by atoms with Crippen molar-refractivity contribution < 1.29 is 4.52 Å². The Hall–Kier alpha value is -2.93. The highest BCUT2D eigenvalue weighted by Crippen LogP contribution is 2.51. The lowest BCUT2D eigenvalue weighted by molar-refractivity contribution is 0.389. The monoisotopic (exact) mass is 451 g/mol. The maximum Gasteiger partial charge on any atom is 0.0477 e. The summed E-state index contributed by atoms with van der Waals surface area (Å²) in [5.41, 5.74) is 10.3. The summed E-state index contributed by atoms with van der Waals surface area (Å²) in [6.07, 6.45) is 0.981. The van der Waals surface area contributed by atoms with Crippen molar-refractivity contribution in [3.05, 3.63) is 114 Å². The Morgan fingerprint density at radius 2 is 1.27 bits per heavy atom. The maximum absolute atomic E-state index is 5.62. The minimum atomic E-state index is -0.0511. The van der Waals surface area contributed by atoms with Crippen LogP contribution in [0.1, 0.15) is 37.5 Å². The Kier molecular flexibility index (Phi) is 6.06. The fourth-order valence-corrected chi connectivity index (χ4v) is 5.55. The van der Waals surface area contributed by atoms with Crippen molar-refractivity contribution in [3.63, 3.8) is 0 Å². The third kappa shape index (κ3) is 4.10. The second kappa shape index (κ2) is 9.14. The van der Waals surface area contributed by atoms with Crippen LogP contribution in [0.25, 0.3) is 11.1 Å². The number of rotatable bonds is 7. The van der Waals surface area contributed by atoms with E-state index in [-0.39, 0.29) is 5.41 Å². The Morgan fingerprint density at radius 1 is 0.697 bits per heavy atom. The largest absolute Gasteiger partial charge is 0.362 e. The minimum absolute atomic E-state index is 0.0511. The van der Waals surface area contributed by atoms with Crippen molar-refractivity contribution >= 4 is 25.9 Å². The van der Waals surface area contributed by atoms with Gasteiger partial charge in [0.2, 0.25) is 0 Å². The molecule has 0 N–H and O–H groups in total. The van der Waals surface area contributed by atoms with Gasteiger partial charge in [-0.05, 0) is 71.1 Å². The van der Waals surface area contributed by atoms with E-state index in [1.165, 1.54) is 33.5 Å². The zero-order chi connectivity index (χ0) is 22.8. The van der Waals surface area contributed by atoms with Gasteiger partial charge in [0.15, 0.2) is 0 Å². The molecule has 1 unspecified atom stereocenters. The van der Waals surface area contributed by atoms with Gasteiger partial charge >= 0.3 is 0 Å². The smallest absolute Gasteiger partial charge is 0.0477 e. The van der Waals surface area contributed by atoms with Crippen LogP contribution in [0.5, 0.6) is 0 Å². The average molecular weight is 452 g/mol. The third-order valence-electron chi connectivity index (χ3n) is 6.53. The van der Waals surface area contributed by atoms with Crippen LogP contribution in [0.15, 0.2) is 97.1 Å². The second-order valence-electron chi connectivity index (χ2n) is 9.00. The van der Waals surface area contributed by atoms with Crippen LogP contribution in [0.4, 0.5) is 17.1 Å². The summed E-state index contributed by atoms with van der Waals surface area (Å²) >= 11 is 0. The molecule has 5 rings (SSSR count). The van der Waals surface area contributed by atoms with Crippen LogP contribution in [0, 0.1) is 0 Å². The molecule has 1 atom stereocenters. The number of hydrogen-bond acceptors (Lipinski definition) is 2. The lowest BCUT2D eigenvalue weighted by Crippen LogP contribution is -2.16. The summed E-state index contributed by atoms with van der Waals surface area (Å²) < 4.78 is 5.62. The number of fused-ring (bicyclic) bond motifs is 3. The molecule has 0 bridgehead atoms. The Balaban J connectivity index is 1.57. The predicted octanol–water partition coefficient (Wildman–Crippen LogP) is 8.59. The van der Waals surface area contributed by atoms with E-state index in [4.69, 9.17) is 4.52 Å². The SMILES string of the molecule is CCOPCc1ccc2c(c1)C(C)(C)c1cc(N(c3ccccc3)c3ccccc3)ccc1-2. The summed E-state index contributed by atoms with van der Waals surface area (Å²) in [7, 11) is 0.521. The summed E-state index contributed by atoms with van der Waals surface area (Å²) in [5.74, 6) is 0. The first kappa shape index (κ1) is 21.9. The number of nitrogens with zero attached hydrogens (tertiary/aromatic N) is 1. The summed E-state index contributed by atoms with van der Waals surface area (Å²) in [6, 6.07) is 35.1. The van der Waals surface area contributed by atoms with Crippen LogP contribution in [-0.2, 0) is 16.1 Å². The van der Waals surface area contributed by atoms with Crippen LogP contribution in [0.3, 0.4) is 0 Å². The molecule has 0 spiro atoms. The van der Waals surface area contributed by atoms with E-state index >= 15 is 0 Å². The molecule has 3 heteroatoms. The molecule has 2 nitrogen and oxygen atoms in total. The first-order valence-corrected chi connectivity index (χ1v) is 12.7. The number of hydrogen-bond donors (Lipinski definition) is 0. The summed E-state index contributed by atoms with van der Waals surface area (Å²) in [4.78, 5) is 2.34. The number of para-hydroxylation sites is 2. The Labute approximate surface area is 199 Å². The maximum atomic E-state index is 5.62. The Bertz CT molecular complexity index is 1210. The van der Waals surface area contributed by atoms with Crippen molar-refractivity contribution in [2.24, 2.45) is 0 Å². The van der Waals surface area contributed by atoms with Gasteiger partial charge in [-0.2, -0.15) is 0 Å². The number of anilines is 3. The lowest BCUT2D eigenvalue weighted by Gasteiger charge is -2.28. The summed E-state index contributed by atoms with van der Waals surface area (Å²) in [5, 5.41) is 0. The molecule has 0 saturated carbocycles. The highest BCUT2D eigenvalue weighted by atomic mass is 31.1.